The van der Waals surface area contributed by atoms with Crippen molar-refractivity contribution in [1.29, 1.82) is 0 Å². The molecule has 0 aliphatic heterocycles. The van der Waals surface area contributed by atoms with Gasteiger partial charge < -0.3 is 14.1 Å². The minimum atomic E-state index is -3.63. The van der Waals surface area contributed by atoms with Crippen LogP contribution in [0.3, 0.4) is 0 Å². The molecule has 0 unspecified atom stereocenters. The van der Waals surface area contributed by atoms with Gasteiger partial charge in [-0.25, -0.2) is 0 Å². The summed E-state index contributed by atoms with van der Waals surface area (Å²) in [5.41, 5.74) is 0. The van der Waals surface area contributed by atoms with Gasteiger partial charge in [0.25, 0.3) is 0 Å². The Morgan fingerprint density at radius 1 is 1.29 bits per heavy atom. The maximum atomic E-state index is 8.52. The van der Waals surface area contributed by atoms with Gasteiger partial charge in [0.1, 0.15) is 0 Å². The predicted octanol–water partition coefficient (Wildman–Crippen LogP) is -3.26. The molecule has 7 heavy (non-hydrogen) atoms. The smallest absolute Gasteiger partial charge is 0.672 e. The zero-order valence-corrected chi connectivity index (χ0v) is 12.1. The molecule has 4 radical (unpaired) electrons. The van der Waals surface area contributed by atoms with E-state index in [4.69, 9.17) is 14.1 Å². The summed E-state index contributed by atoms with van der Waals surface area (Å²) in [4.78, 5) is 17.0. The molecule has 0 atom stereocenters. The normalized spacial score (nSPS) is 3.43. The van der Waals surface area contributed by atoms with Crippen molar-refractivity contribution in [3.05, 3.63) is 0 Å². The van der Waals surface area contributed by atoms with Crippen molar-refractivity contribution in [3.8, 4) is 0 Å². The molecule has 0 saturated carbocycles. The van der Waals surface area contributed by atoms with E-state index in [1.54, 1.807) is 0 Å². The van der Waals surface area contributed by atoms with Crippen molar-refractivity contribution in [2.24, 2.45) is 0 Å². The Kier molecular flexibility index (Phi) is 51.4. The molecule has 0 aliphatic rings. The van der Waals surface area contributed by atoms with Crippen LogP contribution in [0.5, 0.6) is 0 Å². The molecule has 0 aromatic carbocycles. The van der Waals surface area contributed by atoms with Crippen molar-refractivity contribution in [2.75, 3.05) is 0 Å². The maximum absolute atomic E-state index is 8.52. The summed E-state index contributed by atoms with van der Waals surface area (Å²) in [6, 6.07) is 0. The average Bonchev–Trinajstić information content (AvgIpc) is 0.811. The largest absolute Gasteiger partial charge is 2.00 e. The molecule has 0 heterocycles. The fourth-order valence-corrected chi connectivity index (χ4v) is 0. The van der Waals surface area contributed by atoms with Gasteiger partial charge in [-0.15, -0.1) is 0 Å². The third kappa shape index (κ3) is 67.1. The van der Waals surface area contributed by atoms with Gasteiger partial charge in [0.05, 0.1) is 0 Å². The van der Waals surface area contributed by atoms with Crippen LogP contribution < -0.4 is 9.59 Å². The average molecular weight is 422 g/mol. The molecule has 0 bridgehead atoms. The summed E-state index contributed by atoms with van der Waals surface area (Å²) in [6.07, 6.45) is 0. The Morgan fingerprint density at radius 3 is 1.29 bits per heavy atom. The van der Waals surface area contributed by atoms with Gasteiger partial charge in [0.15, 0.2) is 0 Å². The van der Waals surface area contributed by atoms with Crippen LogP contribution in [0.25, 0.3) is 0 Å². The molecule has 0 amide bonds. The van der Waals surface area contributed by atoms with Crippen LogP contribution in [0.4, 0.5) is 0 Å². The van der Waals surface area contributed by atoms with E-state index in [2.05, 4.69) is 0 Å². The van der Waals surface area contributed by atoms with Crippen LogP contribution in [-0.4, -0.2) is 36.5 Å². The summed E-state index contributed by atoms with van der Waals surface area (Å²) in [6.45, 7) is 0. The Labute approximate surface area is 97.0 Å². The van der Waals surface area contributed by atoms with Gasteiger partial charge in [0.2, 0.25) is 0 Å². The van der Waals surface area contributed by atoms with Crippen molar-refractivity contribution in [3.63, 3.8) is 0 Å². The number of hydrogen-bond acceptors (Lipinski definition) is 3. The molecule has 0 aromatic rings. The van der Waals surface area contributed by atoms with Crippen molar-refractivity contribution in [1.82, 2.24) is 0 Å². The zero-order valence-electron chi connectivity index (χ0n) is 3.22. The third-order valence-corrected chi connectivity index (χ3v) is 0. The van der Waals surface area contributed by atoms with Crippen LogP contribution in [0.2, 0.25) is 0 Å². The fraction of sp³-hybridized carbons (Fsp3) is 0. The Balaban J connectivity index is -0.0000000150. The van der Waals surface area contributed by atoms with E-state index < -0.39 is 9.17 Å². The molecule has 0 fully saturated rings. The van der Waals surface area contributed by atoms with E-state index in [1.165, 1.54) is 0 Å². The van der Waals surface area contributed by atoms with Crippen LogP contribution in [0.15, 0.2) is 0 Å². The molecule has 0 saturated heterocycles. The Bertz CT molecular complexity index is 37.9. The first kappa shape index (κ1) is 22.9. The molecule has 0 spiro atoms. The van der Waals surface area contributed by atoms with Crippen LogP contribution in [-0.2, 0) is 52.4 Å². The van der Waals surface area contributed by atoms with Gasteiger partial charge in [-0.05, 0) is 0 Å². The van der Waals surface area contributed by atoms with Gasteiger partial charge in [-0.3, -0.25) is 0 Å². The van der Waals surface area contributed by atoms with E-state index >= 15 is 0 Å². The first-order valence-corrected chi connectivity index (χ1v) is 1.84. The summed E-state index contributed by atoms with van der Waals surface area (Å²) in [7, 11) is -3.63. The summed E-state index contributed by atoms with van der Waals surface area (Å²) in [5.74, 6) is 0. The predicted molar refractivity (Wildman–Crippen MR) is 12.2 cm³/mol. The topological polar surface area (TPSA) is 63.2 Å². The quantitative estimate of drug-likeness (QED) is 0.385. The van der Waals surface area contributed by atoms with E-state index in [0.717, 1.165) is 0 Å². The first-order chi connectivity index (χ1) is 1.73. The molecular formula is O3PbSiTiZr+2. The van der Waals surface area contributed by atoms with Gasteiger partial charge in [-0.2, -0.15) is 0 Å². The van der Waals surface area contributed by atoms with Crippen molar-refractivity contribution >= 4 is 36.5 Å². The van der Waals surface area contributed by atoms with E-state index in [9.17, 15) is 0 Å². The molecule has 32 valence electrons. The van der Waals surface area contributed by atoms with Gasteiger partial charge in [0, 0.05) is 36.5 Å². The zero-order chi connectivity index (χ0) is 3.58. The standard InChI is InChI=1S/O3Si.Pb.Ti.Zr/c1-4(2)3;;;/q-2;;2*+2. The second-order valence-corrected chi connectivity index (χ2v) is 0.750. The second kappa shape index (κ2) is 15.7. The Morgan fingerprint density at radius 2 is 1.29 bits per heavy atom. The Hall–Kier alpha value is 2.14. The molecule has 0 aliphatic carbocycles. The van der Waals surface area contributed by atoms with Crippen LogP contribution >= 0.6 is 0 Å². The number of rotatable bonds is 0. The fourth-order valence-electron chi connectivity index (χ4n) is 0. The first-order valence-electron chi connectivity index (χ1n) is 0.612. The molecule has 7 heteroatoms. The SMILES string of the molecule is O=[Si]([O-])[O-].[Pb].[Ti+2].[Zr+2]. The molecule has 0 aromatic heterocycles. The minimum absolute atomic E-state index is 0. The van der Waals surface area contributed by atoms with E-state index in [1.807, 2.05) is 0 Å². The van der Waals surface area contributed by atoms with Crippen molar-refractivity contribution < 1.29 is 62.0 Å². The monoisotopic (exact) mass is 422 g/mol. The molecular weight excluding hydrogens is 422 g/mol. The molecule has 0 rings (SSSR count). The summed E-state index contributed by atoms with van der Waals surface area (Å²) in [5, 5.41) is 0. The minimum Gasteiger partial charge on any atom is -0.672 e. The summed E-state index contributed by atoms with van der Waals surface area (Å²) < 4.78 is 8.52. The summed E-state index contributed by atoms with van der Waals surface area (Å²) >= 11 is 0. The van der Waals surface area contributed by atoms with Crippen LogP contribution in [0, 0.1) is 0 Å². The van der Waals surface area contributed by atoms with Gasteiger partial charge >= 0.3 is 47.9 Å². The maximum Gasteiger partial charge on any atom is 2.00 e. The third-order valence-electron chi connectivity index (χ3n) is 0. The second-order valence-electron chi connectivity index (χ2n) is 0.250. The molecule has 0 N–H and O–H groups in total. The van der Waals surface area contributed by atoms with Crippen molar-refractivity contribution in [2.45, 2.75) is 0 Å². The van der Waals surface area contributed by atoms with E-state index in [-0.39, 0.29) is 75.2 Å². The van der Waals surface area contributed by atoms with Gasteiger partial charge in [-0.1, -0.05) is 0 Å². The molecule has 3 nitrogen and oxygen atoms in total. The van der Waals surface area contributed by atoms with E-state index in [0.29, 0.717) is 0 Å². The number of hydrogen-bond donors (Lipinski definition) is 0. The van der Waals surface area contributed by atoms with Crippen LogP contribution in [0.1, 0.15) is 0 Å².